The lowest BCUT2D eigenvalue weighted by Crippen LogP contribution is -2.18. The summed E-state index contributed by atoms with van der Waals surface area (Å²) < 4.78 is 13.4. The Kier molecular flexibility index (Phi) is 4.91. The predicted molar refractivity (Wildman–Crippen MR) is 110 cm³/mol. The van der Waals surface area contributed by atoms with Crippen molar-refractivity contribution in [1.82, 2.24) is 9.97 Å². The predicted octanol–water partition coefficient (Wildman–Crippen LogP) is 4.77. The van der Waals surface area contributed by atoms with Gasteiger partial charge in [0, 0.05) is 24.2 Å². The van der Waals surface area contributed by atoms with Crippen LogP contribution in [0, 0.1) is 5.82 Å². The maximum atomic E-state index is 13.4. The van der Waals surface area contributed by atoms with Gasteiger partial charge < -0.3 is 10.0 Å². The molecule has 5 nitrogen and oxygen atoms in total. The Labute approximate surface area is 167 Å². The third-order valence-electron chi connectivity index (χ3n) is 4.70. The van der Waals surface area contributed by atoms with Gasteiger partial charge >= 0.3 is 5.97 Å². The molecule has 6 heteroatoms. The fourth-order valence-electron chi connectivity index (χ4n) is 3.23. The van der Waals surface area contributed by atoms with Crippen LogP contribution in [0.3, 0.4) is 0 Å². The summed E-state index contributed by atoms with van der Waals surface area (Å²) >= 11 is 0. The fraction of sp³-hybridized carbons (Fsp3) is 0.0870. The average Bonchev–Trinajstić information content (AvgIpc) is 2.73. The molecule has 0 fully saturated rings. The molecule has 1 N–H and O–H groups in total. The number of nitrogens with zero attached hydrogens (tertiary/aromatic N) is 3. The highest BCUT2D eigenvalue weighted by atomic mass is 19.1. The number of benzene rings is 2. The molecule has 2 aromatic heterocycles. The van der Waals surface area contributed by atoms with E-state index in [-0.39, 0.29) is 11.4 Å². The van der Waals surface area contributed by atoms with E-state index in [1.807, 2.05) is 36.2 Å². The van der Waals surface area contributed by atoms with E-state index in [0.717, 1.165) is 22.3 Å². The summed E-state index contributed by atoms with van der Waals surface area (Å²) in [6.45, 7) is 0.543. The minimum absolute atomic E-state index is 0.201. The molecule has 0 atom stereocenters. The van der Waals surface area contributed by atoms with Crippen molar-refractivity contribution in [1.29, 1.82) is 0 Å². The largest absolute Gasteiger partial charge is 0.478 e. The molecule has 29 heavy (non-hydrogen) atoms. The van der Waals surface area contributed by atoms with E-state index in [1.54, 1.807) is 30.5 Å². The highest BCUT2D eigenvalue weighted by Gasteiger charge is 2.15. The topological polar surface area (TPSA) is 66.3 Å². The van der Waals surface area contributed by atoms with Crippen molar-refractivity contribution >= 4 is 22.6 Å². The van der Waals surface area contributed by atoms with Crippen molar-refractivity contribution in [3.05, 3.63) is 90.0 Å². The smallest absolute Gasteiger partial charge is 0.335 e. The number of carboxylic acid groups (broad SMARTS) is 1. The Bertz CT molecular complexity index is 1180. The molecule has 0 aliphatic rings. The number of hydrogen-bond donors (Lipinski definition) is 1. The van der Waals surface area contributed by atoms with E-state index < -0.39 is 5.97 Å². The number of halogens is 1. The molecular weight excluding hydrogens is 369 g/mol. The van der Waals surface area contributed by atoms with Gasteiger partial charge in [-0.3, -0.25) is 4.98 Å². The normalized spacial score (nSPS) is 10.8. The molecule has 0 radical (unpaired) electrons. The molecule has 4 rings (SSSR count). The monoisotopic (exact) mass is 387 g/mol. The number of hydrogen-bond acceptors (Lipinski definition) is 4. The molecule has 0 bridgehead atoms. The first-order valence-corrected chi connectivity index (χ1v) is 9.06. The average molecular weight is 387 g/mol. The van der Waals surface area contributed by atoms with Crippen LogP contribution in [0.25, 0.3) is 22.2 Å². The maximum Gasteiger partial charge on any atom is 0.335 e. The van der Waals surface area contributed by atoms with Crippen LogP contribution >= 0.6 is 0 Å². The number of carboxylic acids is 1. The third-order valence-corrected chi connectivity index (χ3v) is 4.70. The summed E-state index contributed by atoms with van der Waals surface area (Å²) in [5.74, 6) is -1.30. The Morgan fingerprint density at radius 3 is 2.55 bits per heavy atom. The number of fused-ring (bicyclic) bond motifs is 1. The molecule has 0 aliphatic heterocycles. The van der Waals surface area contributed by atoms with Gasteiger partial charge in [0.1, 0.15) is 5.82 Å². The van der Waals surface area contributed by atoms with E-state index in [0.29, 0.717) is 17.8 Å². The minimum atomic E-state index is -0.988. The zero-order valence-corrected chi connectivity index (χ0v) is 15.7. The van der Waals surface area contributed by atoms with Crippen LogP contribution in [0.15, 0.2) is 72.9 Å². The van der Waals surface area contributed by atoms with Crippen molar-refractivity contribution in [3.8, 4) is 11.3 Å². The van der Waals surface area contributed by atoms with Crippen LogP contribution in [0.1, 0.15) is 16.1 Å². The van der Waals surface area contributed by atoms with Crippen LogP contribution in [-0.2, 0) is 6.54 Å². The molecule has 0 aliphatic carbocycles. The van der Waals surface area contributed by atoms with Gasteiger partial charge in [-0.05, 0) is 60.7 Å². The summed E-state index contributed by atoms with van der Waals surface area (Å²) in [5, 5.41) is 10.0. The van der Waals surface area contributed by atoms with E-state index >= 15 is 0 Å². The van der Waals surface area contributed by atoms with Crippen molar-refractivity contribution in [2.75, 3.05) is 11.9 Å². The fourth-order valence-corrected chi connectivity index (χ4v) is 3.23. The molecule has 2 aromatic carbocycles. The lowest BCUT2D eigenvalue weighted by atomic mass is 10.0. The zero-order chi connectivity index (χ0) is 20.4. The van der Waals surface area contributed by atoms with Gasteiger partial charge in [0.05, 0.1) is 34.7 Å². The standard InChI is InChI=1S/C23H18FN3O2/c1-27(14-19-4-2-3-11-25-19)21-13-17-12-16(23(28)29)7-10-20(17)26-22(21)15-5-8-18(24)9-6-15/h2-13H,14H2,1H3,(H,28,29). The van der Waals surface area contributed by atoms with Crippen LogP contribution in [0.5, 0.6) is 0 Å². The number of aromatic carboxylic acids is 1. The summed E-state index contributed by atoms with van der Waals surface area (Å²) in [5.41, 5.74) is 4.03. The van der Waals surface area contributed by atoms with Gasteiger partial charge in [-0.15, -0.1) is 0 Å². The van der Waals surface area contributed by atoms with Gasteiger partial charge in [-0.1, -0.05) is 6.07 Å². The first kappa shape index (κ1) is 18.6. The number of carbonyl (C=O) groups is 1. The first-order valence-electron chi connectivity index (χ1n) is 9.06. The highest BCUT2D eigenvalue weighted by Crippen LogP contribution is 2.33. The van der Waals surface area contributed by atoms with Gasteiger partial charge in [-0.25, -0.2) is 14.2 Å². The maximum absolute atomic E-state index is 13.4. The quantitative estimate of drug-likeness (QED) is 0.534. The summed E-state index contributed by atoms with van der Waals surface area (Å²) in [6.07, 6.45) is 1.74. The Hall–Kier alpha value is -3.80. The van der Waals surface area contributed by atoms with Crippen LogP contribution in [0.2, 0.25) is 0 Å². The molecular formula is C23H18FN3O2. The van der Waals surface area contributed by atoms with Crippen molar-refractivity contribution in [2.24, 2.45) is 0 Å². The van der Waals surface area contributed by atoms with Gasteiger partial charge in [0.25, 0.3) is 0 Å². The highest BCUT2D eigenvalue weighted by molar-refractivity contribution is 5.96. The lowest BCUT2D eigenvalue weighted by molar-refractivity contribution is 0.0697. The Balaban J connectivity index is 1.86. The Morgan fingerprint density at radius 1 is 1.07 bits per heavy atom. The number of anilines is 1. The first-order chi connectivity index (χ1) is 14.0. The Morgan fingerprint density at radius 2 is 1.86 bits per heavy atom. The number of rotatable bonds is 5. The third kappa shape index (κ3) is 3.91. The number of pyridine rings is 2. The SMILES string of the molecule is CN(Cc1ccccn1)c1cc2cc(C(=O)O)ccc2nc1-c1ccc(F)cc1. The molecule has 2 heterocycles. The van der Waals surface area contributed by atoms with E-state index in [2.05, 4.69) is 4.98 Å². The molecule has 0 amide bonds. The van der Waals surface area contributed by atoms with Crippen molar-refractivity contribution in [3.63, 3.8) is 0 Å². The molecule has 0 unspecified atom stereocenters. The van der Waals surface area contributed by atoms with Gasteiger partial charge in [0.2, 0.25) is 0 Å². The summed E-state index contributed by atoms with van der Waals surface area (Å²) in [7, 11) is 1.92. The van der Waals surface area contributed by atoms with Gasteiger partial charge in [-0.2, -0.15) is 0 Å². The second kappa shape index (κ2) is 7.67. The molecule has 4 aromatic rings. The van der Waals surface area contributed by atoms with E-state index in [1.165, 1.54) is 18.2 Å². The summed E-state index contributed by atoms with van der Waals surface area (Å²) in [4.78, 5) is 22.5. The molecule has 0 saturated heterocycles. The van der Waals surface area contributed by atoms with Crippen LogP contribution < -0.4 is 4.90 Å². The van der Waals surface area contributed by atoms with Crippen LogP contribution in [0.4, 0.5) is 10.1 Å². The second-order valence-electron chi connectivity index (χ2n) is 6.75. The van der Waals surface area contributed by atoms with E-state index in [9.17, 15) is 14.3 Å². The second-order valence-corrected chi connectivity index (χ2v) is 6.75. The van der Waals surface area contributed by atoms with Crippen molar-refractivity contribution < 1.29 is 14.3 Å². The zero-order valence-electron chi connectivity index (χ0n) is 15.7. The van der Waals surface area contributed by atoms with Gasteiger partial charge in [0.15, 0.2) is 0 Å². The molecule has 0 saturated carbocycles. The lowest BCUT2D eigenvalue weighted by Gasteiger charge is -2.22. The number of aromatic nitrogens is 2. The molecule has 0 spiro atoms. The molecule has 144 valence electrons. The van der Waals surface area contributed by atoms with Crippen LogP contribution in [-0.4, -0.2) is 28.1 Å². The summed E-state index contributed by atoms with van der Waals surface area (Å²) in [6, 6.07) is 18.6. The van der Waals surface area contributed by atoms with E-state index in [4.69, 9.17) is 4.98 Å². The minimum Gasteiger partial charge on any atom is -0.478 e. The van der Waals surface area contributed by atoms with Crippen molar-refractivity contribution in [2.45, 2.75) is 6.54 Å².